The van der Waals surface area contributed by atoms with Gasteiger partial charge in [0.15, 0.2) is 0 Å². The van der Waals surface area contributed by atoms with E-state index in [0.717, 1.165) is 12.2 Å². The molecule has 0 saturated carbocycles. The van der Waals surface area contributed by atoms with Crippen molar-refractivity contribution in [1.29, 1.82) is 0 Å². The van der Waals surface area contributed by atoms with Gasteiger partial charge in [0.2, 0.25) is 0 Å². The van der Waals surface area contributed by atoms with Crippen molar-refractivity contribution >= 4 is 23.6 Å². The normalized spacial score (nSPS) is 13.5. The summed E-state index contributed by atoms with van der Waals surface area (Å²) in [6.45, 7) is 0. The molecule has 0 spiro atoms. The van der Waals surface area contributed by atoms with E-state index in [-0.39, 0.29) is 0 Å². The molecular weight excluding hydrogens is 180 g/mol. The first kappa shape index (κ1) is 7.09. The van der Waals surface area contributed by atoms with Crippen LogP contribution in [-0.2, 0) is 6.42 Å². The van der Waals surface area contributed by atoms with Crippen LogP contribution in [0.5, 0.6) is 0 Å². The molecule has 3 heteroatoms. The molecule has 0 aromatic carbocycles. The predicted molar refractivity (Wildman–Crippen MR) is 54.6 cm³/mol. The van der Waals surface area contributed by atoms with Gasteiger partial charge < -0.3 is 4.57 Å². The predicted octanol–water partition coefficient (Wildman–Crippen LogP) is 2.48. The second kappa shape index (κ2) is 2.57. The molecule has 0 bridgehead atoms. The van der Waals surface area contributed by atoms with Crippen molar-refractivity contribution in [1.82, 2.24) is 9.55 Å². The lowest BCUT2D eigenvalue weighted by Gasteiger charge is -1.96. The van der Waals surface area contributed by atoms with Crippen molar-refractivity contribution in [3.05, 3.63) is 40.1 Å². The maximum Gasteiger partial charge on any atom is 0.117 e. The molecule has 0 saturated heterocycles. The lowest BCUT2D eigenvalue weighted by molar-refractivity contribution is 0.969. The standard InChI is InChI=1S/C10H8N2S/c1-4-12-5-3-11-10(12)7-9-8(1)2-6-13-9/h1-6H,7H2. The van der Waals surface area contributed by atoms with Gasteiger partial charge in [-0.25, -0.2) is 4.98 Å². The van der Waals surface area contributed by atoms with Gasteiger partial charge in [-0.1, -0.05) is 0 Å². The number of fused-ring (bicyclic) bond motifs is 2. The van der Waals surface area contributed by atoms with Gasteiger partial charge >= 0.3 is 0 Å². The highest BCUT2D eigenvalue weighted by Crippen LogP contribution is 2.24. The number of hydrogen-bond donors (Lipinski definition) is 0. The second-order valence-electron chi connectivity index (χ2n) is 3.04. The fourth-order valence-electron chi connectivity index (χ4n) is 1.56. The van der Waals surface area contributed by atoms with Crippen LogP contribution in [0.2, 0.25) is 0 Å². The summed E-state index contributed by atoms with van der Waals surface area (Å²) in [7, 11) is 0. The number of thiophene rings is 1. The maximum absolute atomic E-state index is 4.31. The molecule has 0 unspecified atom stereocenters. The summed E-state index contributed by atoms with van der Waals surface area (Å²) in [5.41, 5.74) is 1.33. The Labute approximate surface area is 80.2 Å². The first-order valence-electron chi connectivity index (χ1n) is 4.20. The third-order valence-corrected chi connectivity index (χ3v) is 3.20. The molecule has 1 aliphatic heterocycles. The molecular formula is C10H8N2S. The topological polar surface area (TPSA) is 17.8 Å². The van der Waals surface area contributed by atoms with E-state index in [0.29, 0.717) is 0 Å². The van der Waals surface area contributed by atoms with Crippen LogP contribution in [0.4, 0.5) is 0 Å². The fourth-order valence-corrected chi connectivity index (χ4v) is 2.43. The van der Waals surface area contributed by atoms with Crippen molar-refractivity contribution in [3.63, 3.8) is 0 Å². The van der Waals surface area contributed by atoms with E-state index in [9.17, 15) is 0 Å². The quantitative estimate of drug-likeness (QED) is 0.530. The monoisotopic (exact) mass is 188 g/mol. The van der Waals surface area contributed by atoms with E-state index in [2.05, 4.69) is 33.3 Å². The van der Waals surface area contributed by atoms with Gasteiger partial charge in [0.1, 0.15) is 5.82 Å². The summed E-state index contributed by atoms with van der Waals surface area (Å²) in [6.07, 6.45) is 9.00. The smallest absolute Gasteiger partial charge is 0.117 e. The van der Waals surface area contributed by atoms with Gasteiger partial charge in [-0.3, -0.25) is 0 Å². The van der Waals surface area contributed by atoms with Crippen LogP contribution in [0.3, 0.4) is 0 Å². The van der Waals surface area contributed by atoms with Crippen molar-refractivity contribution < 1.29 is 0 Å². The Kier molecular flexibility index (Phi) is 1.40. The lowest BCUT2D eigenvalue weighted by Crippen LogP contribution is -1.93. The molecule has 0 atom stereocenters. The van der Waals surface area contributed by atoms with Crippen molar-refractivity contribution in [2.45, 2.75) is 6.42 Å². The third-order valence-electron chi connectivity index (χ3n) is 2.26. The first-order chi connectivity index (χ1) is 6.43. The van der Waals surface area contributed by atoms with Gasteiger partial charge in [0, 0.05) is 29.9 Å². The van der Waals surface area contributed by atoms with E-state index < -0.39 is 0 Å². The Bertz CT molecular complexity index is 422. The van der Waals surface area contributed by atoms with E-state index in [1.165, 1.54) is 10.4 Å². The number of aromatic nitrogens is 2. The molecule has 13 heavy (non-hydrogen) atoms. The van der Waals surface area contributed by atoms with E-state index in [1.54, 1.807) is 11.3 Å². The van der Waals surface area contributed by atoms with Crippen molar-refractivity contribution in [2.75, 3.05) is 0 Å². The molecule has 1 aliphatic rings. The van der Waals surface area contributed by atoms with Crippen LogP contribution in [-0.4, -0.2) is 9.55 Å². The Hall–Kier alpha value is -1.35. The number of rotatable bonds is 0. The number of hydrogen-bond acceptors (Lipinski definition) is 2. The molecule has 0 N–H and O–H groups in total. The van der Waals surface area contributed by atoms with Crippen molar-refractivity contribution in [2.24, 2.45) is 0 Å². The van der Waals surface area contributed by atoms with Crippen LogP contribution in [0, 0.1) is 0 Å². The van der Waals surface area contributed by atoms with Crippen LogP contribution in [0.15, 0.2) is 23.8 Å². The number of imidazole rings is 1. The van der Waals surface area contributed by atoms with Gasteiger partial charge in [0.05, 0.1) is 0 Å². The summed E-state index contributed by atoms with van der Waals surface area (Å²) < 4.78 is 2.08. The average Bonchev–Trinajstić information content (AvgIpc) is 2.72. The SMILES string of the molecule is C1=Cn2ccnc2Cc2sccc21. The zero-order valence-corrected chi connectivity index (χ0v) is 7.79. The molecule has 0 amide bonds. The first-order valence-corrected chi connectivity index (χ1v) is 5.08. The average molecular weight is 188 g/mol. The zero-order chi connectivity index (χ0) is 8.67. The molecule has 2 nitrogen and oxygen atoms in total. The van der Waals surface area contributed by atoms with Gasteiger partial charge in [-0.15, -0.1) is 11.3 Å². The number of nitrogens with zero attached hydrogens (tertiary/aromatic N) is 2. The zero-order valence-electron chi connectivity index (χ0n) is 6.97. The van der Waals surface area contributed by atoms with Crippen LogP contribution in [0.25, 0.3) is 12.3 Å². The summed E-state index contributed by atoms with van der Waals surface area (Å²) >= 11 is 1.80. The Morgan fingerprint density at radius 1 is 1.46 bits per heavy atom. The summed E-state index contributed by atoms with van der Waals surface area (Å²) in [6, 6.07) is 2.16. The molecule has 2 aromatic rings. The van der Waals surface area contributed by atoms with Gasteiger partial charge in [-0.05, 0) is 23.1 Å². The molecule has 0 fully saturated rings. The highest BCUT2D eigenvalue weighted by molar-refractivity contribution is 7.10. The minimum absolute atomic E-state index is 0.951. The highest BCUT2D eigenvalue weighted by Gasteiger charge is 2.09. The molecule has 3 rings (SSSR count). The minimum atomic E-state index is 0.951. The molecule has 3 heterocycles. The fraction of sp³-hybridized carbons (Fsp3) is 0.100. The van der Waals surface area contributed by atoms with E-state index in [1.807, 2.05) is 12.4 Å². The van der Waals surface area contributed by atoms with E-state index >= 15 is 0 Å². The summed E-state index contributed by atoms with van der Waals surface area (Å²) in [4.78, 5) is 5.72. The van der Waals surface area contributed by atoms with Gasteiger partial charge in [0.25, 0.3) is 0 Å². The molecule has 0 radical (unpaired) electrons. The minimum Gasteiger partial charge on any atom is -0.310 e. The maximum atomic E-state index is 4.31. The van der Waals surface area contributed by atoms with Crippen molar-refractivity contribution in [3.8, 4) is 0 Å². The molecule has 64 valence electrons. The lowest BCUT2D eigenvalue weighted by atomic mass is 10.2. The van der Waals surface area contributed by atoms with Gasteiger partial charge in [-0.2, -0.15) is 0 Å². The third kappa shape index (κ3) is 1.04. The Morgan fingerprint density at radius 2 is 2.46 bits per heavy atom. The van der Waals surface area contributed by atoms with Crippen LogP contribution < -0.4 is 0 Å². The largest absolute Gasteiger partial charge is 0.310 e. The highest BCUT2D eigenvalue weighted by atomic mass is 32.1. The van der Waals surface area contributed by atoms with Crippen LogP contribution >= 0.6 is 11.3 Å². The Morgan fingerprint density at radius 3 is 3.46 bits per heavy atom. The Balaban J connectivity index is 2.20. The molecule has 2 aromatic heterocycles. The summed E-state index contributed by atoms with van der Waals surface area (Å²) in [5.74, 6) is 1.12. The van der Waals surface area contributed by atoms with Crippen LogP contribution in [0.1, 0.15) is 16.3 Å². The second-order valence-corrected chi connectivity index (χ2v) is 4.04. The van der Waals surface area contributed by atoms with E-state index in [4.69, 9.17) is 0 Å². The molecule has 0 aliphatic carbocycles. The summed E-state index contributed by atoms with van der Waals surface area (Å²) in [5, 5.41) is 2.13.